The molecule has 0 unspecified atom stereocenters. The summed E-state index contributed by atoms with van der Waals surface area (Å²) < 4.78 is 6.67. The maximum atomic E-state index is 11.9. The molecule has 0 radical (unpaired) electrons. The quantitative estimate of drug-likeness (QED) is 0.871. The van der Waals surface area contributed by atoms with E-state index in [1.807, 2.05) is 57.2 Å². The lowest BCUT2D eigenvalue weighted by molar-refractivity contribution is -0.123. The molecule has 0 aliphatic heterocycles. The first-order valence-corrected chi connectivity index (χ1v) is 7.97. The lowest BCUT2D eigenvalue weighted by atomic mass is 10.1. The Morgan fingerprint density at radius 2 is 1.68 bits per heavy atom. The maximum absolute atomic E-state index is 11.9. The van der Waals surface area contributed by atoms with Gasteiger partial charge in [-0.3, -0.25) is 4.79 Å². The smallest absolute Gasteiger partial charge is 0.258 e. The fourth-order valence-corrected chi connectivity index (χ4v) is 2.91. The van der Waals surface area contributed by atoms with Gasteiger partial charge < -0.3 is 10.1 Å². The van der Waals surface area contributed by atoms with Crippen LogP contribution in [-0.2, 0) is 11.3 Å². The van der Waals surface area contributed by atoms with Crippen molar-refractivity contribution in [3.63, 3.8) is 0 Å². The Morgan fingerprint density at radius 3 is 2.27 bits per heavy atom. The molecule has 2 aromatic carbocycles. The van der Waals surface area contributed by atoms with E-state index in [1.54, 1.807) is 0 Å². The highest BCUT2D eigenvalue weighted by atomic mass is 79.9. The van der Waals surface area contributed by atoms with E-state index >= 15 is 0 Å². The Kier molecular flexibility index (Phi) is 5.61. The summed E-state index contributed by atoms with van der Waals surface area (Å²) in [5.74, 6) is 0.649. The van der Waals surface area contributed by atoms with Gasteiger partial charge in [-0.2, -0.15) is 0 Å². The first kappa shape index (κ1) is 16.6. The normalized spacial score (nSPS) is 10.4. The summed E-state index contributed by atoms with van der Waals surface area (Å²) in [5.41, 5.74) is 4.31. The monoisotopic (exact) mass is 361 g/mol. The van der Waals surface area contributed by atoms with Crippen LogP contribution in [0.3, 0.4) is 0 Å². The van der Waals surface area contributed by atoms with E-state index in [4.69, 9.17) is 4.74 Å². The van der Waals surface area contributed by atoms with Crippen molar-refractivity contribution in [3.05, 3.63) is 63.1 Å². The topological polar surface area (TPSA) is 38.3 Å². The molecule has 4 heteroatoms. The number of amides is 1. The summed E-state index contributed by atoms with van der Waals surface area (Å²) in [7, 11) is 0. The molecule has 0 aromatic heterocycles. The van der Waals surface area contributed by atoms with Crippen molar-refractivity contribution in [2.75, 3.05) is 6.61 Å². The second-order valence-corrected chi connectivity index (χ2v) is 6.34. The average molecular weight is 362 g/mol. The molecule has 0 saturated carbocycles. The second-order valence-electron chi connectivity index (χ2n) is 5.42. The van der Waals surface area contributed by atoms with E-state index in [9.17, 15) is 4.79 Å². The van der Waals surface area contributed by atoms with Gasteiger partial charge in [0.15, 0.2) is 6.61 Å². The van der Waals surface area contributed by atoms with E-state index in [2.05, 4.69) is 21.2 Å². The molecule has 3 nitrogen and oxygen atoms in total. The third-order valence-corrected chi connectivity index (χ3v) is 3.84. The molecule has 2 rings (SSSR count). The van der Waals surface area contributed by atoms with Gasteiger partial charge in [-0.05, 0) is 49.6 Å². The van der Waals surface area contributed by atoms with E-state index in [1.165, 1.54) is 5.56 Å². The van der Waals surface area contributed by atoms with Gasteiger partial charge in [-0.25, -0.2) is 0 Å². The summed E-state index contributed by atoms with van der Waals surface area (Å²) >= 11 is 3.45. The minimum atomic E-state index is -0.123. The maximum Gasteiger partial charge on any atom is 0.258 e. The van der Waals surface area contributed by atoms with Crippen LogP contribution in [0.15, 0.2) is 40.9 Å². The molecule has 1 N–H and O–H groups in total. The van der Waals surface area contributed by atoms with Gasteiger partial charge >= 0.3 is 0 Å². The molecule has 116 valence electrons. The van der Waals surface area contributed by atoms with E-state index in [0.717, 1.165) is 26.9 Å². The number of ether oxygens (including phenoxy) is 1. The molecule has 0 spiro atoms. The molecule has 0 bridgehead atoms. The van der Waals surface area contributed by atoms with Crippen LogP contribution in [0, 0.1) is 20.8 Å². The lowest BCUT2D eigenvalue weighted by Gasteiger charge is -2.13. The predicted octanol–water partition coefficient (Wildman–Crippen LogP) is 4.07. The average Bonchev–Trinajstić information content (AvgIpc) is 2.45. The van der Waals surface area contributed by atoms with Gasteiger partial charge in [0.25, 0.3) is 5.91 Å². The van der Waals surface area contributed by atoms with Crippen LogP contribution in [0.1, 0.15) is 22.3 Å². The molecular weight excluding hydrogens is 342 g/mol. The van der Waals surface area contributed by atoms with Crippen molar-refractivity contribution in [3.8, 4) is 5.75 Å². The minimum absolute atomic E-state index is 0.0230. The SMILES string of the molecule is Cc1ccc(CNC(=O)COc2c(C)cc(Br)cc2C)cc1. The minimum Gasteiger partial charge on any atom is -0.483 e. The predicted molar refractivity (Wildman–Crippen MR) is 92.1 cm³/mol. The zero-order valence-corrected chi connectivity index (χ0v) is 14.7. The summed E-state index contributed by atoms with van der Waals surface area (Å²) in [4.78, 5) is 11.9. The number of rotatable bonds is 5. The van der Waals surface area contributed by atoms with Crippen LogP contribution in [0.2, 0.25) is 0 Å². The molecule has 0 aliphatic carbocycles. The fourth-order valence-electron chi connectivity index (χ4n) is 2.22. The van der Waals surface area contributed by atoms with Gasteiger partial charge in [0.2, 0.25) is 0 Å². The van der Waals surface area contributed by atoms with Crippen molar-refractivity contribution >= 4 is 21.8 Å². The van der Waals surface area contributed by atoms with Gasteiger partial charge in [-0.1, -0.05) is 45.8 Å². The molecule has 1 amide bonds. The summed E-state index contributed by atoms with van der Waals surface area (Å²) in [6.45, 7) is 6.52. The first-order valence-electron chi connectivity index (χ1n) is 7.17. The molecule has 0 saturated heterocycles. The van der Waals surface area contributed by atoms with Crippen LogP contribution in [0.25, 0.3) is 0 Å². The molecule has 0 fully saturated rings. The summed E-state index contributed by atoms with van der Waals surface area (Å²) in [5, 5.41) is 2.87. The number of hydrogen-bond acceptors (Lipinski definition) is 2. The van der Waals surface area contributed by atoms with Crippen molar-refractivity contribution in [1.82, 2.24) is 5.32 Å². The van der Waals surface area contributed by atoms with E-state index in [-0.39, 0.29) is 12.5 Å². The van der Waals surface area contributed by atoms with Crippen LogP contribution in [-0.4, -0.2) is 12.5 Å². The van der Waals surface area contributed by atoms with Crippen molar-refractivity contribution in [2.45, 2.75) is 27.3 Å². The number of hydrogen-bond donors (Lipinski definition) is 1. The zero-order valence-electron chi connectivity index (χ0n) is 13.1. The second kappa shape index (κ2) is 7.45. The molecule has 0 aliphatic rings. The number of aryl methyl sites for hydroxylation is 3. The molecule has 2 aromatic rings. The van der Waals surface area contributed by atoms with Gasteiger partial charge in [0.1, 0.15) is 5.75 Å². The van der Waals surface area contributed by atoms with Crippen LogP contribution >= 0.6 is 15.9 Å². The van der Waals surface area contributed by atoms with Crippen LogP contribution in [0.5, 0.6) is 5.75 Å². The molecule has 0 atom stereocenters. The van der Waals surface area contributed by atoms with Crippen LogP contribution in [0.4, 0.5) is 0 Å². The first-order chi connectivity index (χ1) is 10.5. The van der Waals surface area contributed by atoms with E-state index in [0.29, 0.717) is 6.54 Å². The van der Waals surface area contributed by atoms with Crippen molar-refractivity contribution in [1.29, 1.82) is 0 Å². The lowest BCUT2D eigenvalue weighted by Crippen LogP contribution is -2.28. The highest BCUT2D eigenvalue weighted by Crippen LogP contribution is 2.27. The van der Waals surface area contributed by atoms with Gasteiger partial charge in [0.05, 0.1) is 0 Å². The van der Waals surface area contributed by atoms with Crippen molar-refractivity contribution < 1.29 is 9.53 Å². The summed E-state index contributed by atoms with van der Waals surface area (Å²) in [6.07, 6.45) is 0. The highest BCUT2D eigenvalue weighted by Gasteiger charge is 2.08. The Hall–Kier alpha value is -1.81. The Bertz CT molecular complexity index is 642. The number of halogens is 1. The molecular formula is C18H20BrNO2. The largest absolute Gasteiger partial charge is 0.483 e. The van der Waals surface area contributed by atoms with Gasteiger partial charge in [0, 0.05) is 11.0 Å². The number of carbonyl (C=O) groups excluding carboxylic acids is 1. The Labute approximate surface area is 139 Å². The Balaban J connectivity index is 1.87. The standard InChI is InChI=1S/C18H20BrNO2/c1-12-4-6-15(7-5-12)10-20-17(21)11-22-18-13(2)8-16(19)9-14(18)3/h4-9H,10-11H2,1-3H3,(H,20,21). The van der Waals surface area contributed by atoms with Crippen molar-refractivity contribution in [2.24, 2.45) is 0 Å². The fraction of sp³-hybridized carbons (Fsp3) is 0.278. The summed E-state index contributed by atoms with van der Waals surface area (Å²) in [6, 6.07) is 12.1. The molecule has 0 heterocycles. The Morgan fingerprint density at radius 1 is 1.09 bits per heavy atom. The van der Waals surface area contributed by atoms with Crippen LogP contribution < -0.4 is 10.1 Å². The van der Waals surface area contributed by atoms with Gasteiger partial charge in [-0.15, -0.1) is 0 Å². The third kappa shape index (κ3) is 4.60. The third-order valence-electron chi connectivity index (χ3n) is 3.38. The number of carbonyl (C=O) groups is 1. The van der Waals surface area contributed by atoms with E-state index < -0.39 is 0 Å². The highest BCUT2D eigenvalue weighted by molar-refractivity contribution is 9.10. The molecule has 22 heavy (non-hydrogen) atoms. The number of benzene rings is 2. The number of nitrogens with one attached hydrogen (secondary N) is 1. The zero-order chi connectivity index (χ0) is 16.1.